The molecule has 6 N–H and O–H groups in total. The molecule has 0 radical (unpaired) electrons. The molecule has 3 rings (SSSR count). The van der Waals surface area contributed by atoms with Crippen molar-refractivity contribution in [3.8, 4) is 0 Å². The van der Waals surface area contributed by atoms with Crippen LogP contribution in [0.5, 0.6) is 0 Å². The first-order valence-corrected chi connectivity index (χ1v) is 13.5. The second kappa shape index (κ2) is 14.2. The van der Waals surface area contributed by atoms with E-state index >= 15 is 0 Å². The summed E-state index contributed by atoms with van der Waals surface area (Å²) in [5.41, 5.74) is 0.339. The number of allylic oxidation sites excluding steroid dienone is 1. The molecule has 0 bridgehead atoms. The zero-order chi connectivity index (χ0) is 29.7. The number of aliphatic hydroxyl groups excluding tert-OH is 6. The number of hydrogen-bond acceptors (Lipinski definition) is 13. The van der Waals surface area contributed by atoms with Crippen molar-refractivity contribution in [2.24, 2.45) is 29.6 Å². The third kappa shape index (κ3) is 6.85. The summed E-state index contributed by atoms with van der Waals surface area (Å²) in [5.74, 6) is -2.77. The molecule has 3 aliphatic rings. The maximum atomic E-state index is 13.1. The fourth-order valence-electron chi connectivity index (χ4n) is 5.92. The molecule has 2 fully saturated rings. The Morgan fingerprint density at radius 2 is 1.85 bits per heavy atom. The topological polar surface area (TPSA) is 202 Å². The Morgan fingerprint density at radius 1 is 1.15 bits per heavy atom. The normalized spacial score (nSPS) is 39.8. The molecule has 228 valence electrons. The SMILES string of the molecule is C/C=C1/[C@H](O[C@@H]2O[C@H](CO)[C@@H](O)[C@H](O)[C@H]2O)OC=C(C(=O)OC)[C@H]1CC(=O)OC[C@H]1[C@H]([C@@H](C)CO)[C@@H](O)C[C@@H]1C. The molecule has 0 spiro atoms. The molecule has 1 saturated carbocycles. The van der Waals surface area contributed by atoms with Crippen LogP contribution in [-0.4, -0.2) is 113 Å². The van der Waals surface area contributed by atoms with Crippen LogP contribution in [0, 0.1) is 29.6 Å². The third-order valence-corrected chi connectivity index (χ3v) is 8.26. The monoisotopic (exact) mass is 574 g/mol. The first kappa shape index (κ1) is 32.4. The maximum absolute atomic E-state index is 13.1. The lowest BCUT2D eigenvalue weighted by Gasteiger charge is -2.41. The molecule has 1 aliphatic carbocycles. The fourth-order valence-corrected chi connectivity index (χ4v) is 5.92. The van der Waals surface area contributed by atoms with Crippen LogP contribution < -0.4 is 0 Å². The Bertz CT molecular complexity index is 929. The van der Waals surface area contributed by atoms with Crippen molar-refractivity contribution >= 4 is 11.9 Å². The van der Waals surface area contributed by atoms with Gasteiger partial charge in [-0.05, 0) is 31.1 Å². The predicted octanol–water partition coefficient (Wildman–Crippen LogP) is -1.03. The van der Waals surface area contributed by atoms with Crippen LogP contribution in [0.1, 0.15) is 33.6 Å². The lowest BCUT2D eigenvalue weighted by atomic mass is 9.82. The summed E-state index contributed by atoms with van der Waals surface area (Å²) in [5, 5.41) is 60.1. The van der Waals surface area contributed by atoms with Gasteiger partial charge in [0, 0.05) is 24.0 Å². The van der Waals surface area contributed by atoms with Gasteiger partial charge in [0.25, 0.3) is 0 Å². The average molecular weight is 575 g/mol. The zero-order valence-corrected chi connectivity index (χ0v) is 23.2. The van der Waals surface area contributed by atoms with Crippen molar-refractivity contribution in [2.75, 3.05) is 26.9 Å². The van der Waals surface area contributed by atoms with Gasteiger partial charge in [-0.3, -0.25) is 4.79 Å². The van der Waals surface area contributed by atoms with Crippen LogP contribution in [0.2, 0.25) is 0 Å². The highest BCUT2D eigenvalue weighted by Gasteiger charge is 2.47. The first-order valence-electron chi connectivity index (χ1n) is 13.5. The average Bonchev–Trinajstić information content (AvgIpc) is 3.23. The van der Waals surface area contributed by atoms with E-state index < -0.39 is 67.6 Å². The Kier molecular flexibility index (Phi) is 11.5. The highest BCUT2D eigenvalue weighted by molar-refractivity contribution is 5.90. The van der Waals surface area contributed by atoms with Gasteiger partial charge in [0.15, 0.2) is 6.29 Å². The molecule has 2 aliphatic heterocycles. The van der Waals surface area contributed by atoms with Gasteiger partial charge in [0.2, 0.25) is 6.29 Å². The van der Waals surface area contributed by atoms with E-state index in [4.69, 9.17) is 23.7 Å². The number of methoxy groups -OCH3 is 1. The summed E-state index contributed by atoms with van der Waals surface area (Å²) >= 11 is 0. The van der Waals surface area contributed by atoms with Crippen LogP contribution in [0.25, 0.3) is 0 Å². The number of aliphatic hydroxyl groups is 6. The van der Waals surface area contributed by atoms with Crippen LogP contribution in [0.4, 0.5) is 0 Å². The molecule has 13 nitrogen and oxygen atoms in total. The van der Waals surface area contributed by atoms with E-state index in [1.165, 1.54) is 7.11 Å². The molecule has 0 unspecified atom stereocenters. The summed E-state index contributed by atoms with van der Waals surface area (Å²) in [7, 11) is 1.18. The molecule has 0 amide bonds. The Labute approximate surface area is 232 Å². The smallest absolute Gasteiger partial charge is 0.337 e. The highest BCUT2D eigenvalue weighted by atomic mass is 16.8. The van der Waals surface area contributed by atoms with Crippen LogP contribution in [-0.2, 0) is 33.3 Å². The first-order chi connectivity index (χ1) is 19.0. The van der Waals surface area contributed by atoms with Gasteiger partial charge in [-0.2, -0.15) is 0 Å². The number of carbonyl (C=O) groups excluding carboxylic acids is 2. The molecule has 13 heteroatoms. The van der Waals surface area contributed by atoms with Gasteiger partial charge in [-0.25, -0.2) is 4.79 Å². The van der Waals surface area contributed by atoms with Gasteiger partial charge in [0.05, 0.1) is 44.7 Å². The Morgan fingerprint density at radius 3 is 2.45 bits per heavy atom. The third-order valence-electron chi connectivity index (χ3n) is 8.26. The Hall–Kier alpha value is -2.10. The largest absolute Gasteiger partial charge is 0.468 e. The van der Waals surface area contributed by atoms with E-state index in [1.54, 1.807) is 13.0 Å². The molecule has 0 aromatic rings. The van der Waals surface area contributed by atoms with Gasteiger partial charge >= 0.3 is 11.9 Å². The van der Waals surface area contributed by atoms with Crippen LogP contribution >= 0.6 is 0 Å². The standard InChI is InChI=1S/C27H42O13/c1-5-14-15(7-20(31)37-10-16-12(2)6-18(30)21(16)13(3)8-28)17(25(35)36-4)11-38-26(14)40-27-24(34)23(33)22(32)19(9-29)39-27/h5,11-13,15-16,18-19,21-24,26-30,32-34H,6-10H2,1-4H3/b14-5+/t12-,13-,15-,16+,18-,19+,21-,22+,23-,24+,26-,27-/m0/s1. The minimum atomic E-state index is -1.69. The zero-order valence-electron chi connectivity index (χ0n) is 23.2. The number of ether oxygens (including phenoxy) is 5. The molecule has 0 aromatic heterocycles. The second-order valence-electron chi connectivity index (χ2n) is 10.8. The lowest BCUT2D eigenvalue weighted by molar-refractivity contribution is -0.327. The van der Waals surface area contributed by atoms with E-state index in [-0.39, 0.29) is 48.9 Å². The van der Waals surface area contributed by atoms with Crippen molar-refractivity contribution < 1.29 is 63.9 Å². The van der Waals surface area contributed by atoms with Crippen LogP contribution in [0.15, 0.2) is 23.5 Å². The van der Waals surface area contributed by atoms with E-state index in [1.807, 2.05) is 13.8 Å². The quantitative estimate of drug-likeness (QED) is 0.137. The van der Waals surface area contributed by atoms with E-state index in [9.17, 15) is 40.2 Å². The van der Waals surface area contributed by atoms with Crippen molar-refractivity contribution in [1.29, 1.82) is 0 Å². The van der Waals surface area contributed by atoms with Gasteiger partial charge < -0.3 is 54.3 Å². The van der Waals surface area contributed by atoms with Crippen molar-refractivity contribution in [2.45, 2.75) is 76.7 Å². The molecule has 40 heavy (non-hydrogen) atoms. The molecule has 2 heterocycles. The van der Waals surface area contributed by atoms with Crippen molar-refractivity contribution in [3.63, 3.8) is 0 Å². The van der Waals surface area contributed by atoms with Crippen molar-refractivity contribution in [1.82, 2.24) is 0 Å². The Balaban J connectivity index is 1.75. The second-order valence-corrected chi connectivity index (χ2v) is 10.8. The summed E-state index contributed by atoms with van der Waals surface area (Å²) in [6, 6.07) is 0. The van der Waals surface area contributed by atoms with Crippen molar-refractivity contribution in [3.05, 3.63) is 23.5 Å². The number of esters is 2. The summed E-state index contributed by atoms with van der Waals surface area (Å²) in [6.45, 7) is 4.70. The van der Waals surface area contributed by atoms with Gasteiger partial charge in [0.1, 0.15) is 24.4 Å². The van der Waals surface area contributed by atoms with E-state index in [2.05, 4.69) is 0 Å². The van der Waals surface area contributed by atoms with E-state index in [0.717, 1.165) is 6.26 Å². The highest BCUT2D eigenvalue weighted by Crippen LogP contribution is 2.42. The molecular formula is C27H42O13. The maximum Gasteiger partial charge on any atom is 0.337 e. The molecule has 12 atom stereocenters. The number of hydrogen-bond donors (Lipinski definition) is 6. The summed E-state index contributed by atoms with van der Waals surface area (Å²) in [6.07, 6.45) is -6.64. The minimum Gasteiger partial charge on any atom is -0.468 e. The predicted molar refractivity (Wildman–Crippen MR) is 136 cm³/mol. The van der Waals surface area contributed by atoms with E-state index in [0.29, 0.717) is 12.0 Å². The fraction of sp³-hybridized carbons (Fsp3) is 0.778. The minimum absolute atomic E-state index is 0.0256. The lowest BCUT2D eigenvalue weighted by Crippen LogP contribution is -2.60. The summed E-state index contributed by atoms with van der Waals surface area (Å²) in [4.78, 5) is 25.6. The number of carbonyl (C=O) groups is 2. The molecular weight excluding hydrogens is 532 g/mol. The van der Waals surface area contributed by atoms with Gasteiger partial charge in [-0.15, -0.1) is 0 Å². The van der Waals surface area contributed by atoms with Crippen LogP contribution in [0.3, 0.4) is 0 Å². The number of rotatable bonds is 10. The molecule has 0 aromatic carbocycles. The van der Waals surface area contributed by atoms with Gasteiger partial charge in [-0.1, -0.05) is 19.9 Å². The summed E-state index contributed by atoms with van der Waals surface area (Å²) < 4.78 is 27.2. The molecule has 1 saturated heterocycles.